The van der Waals surface area contributed by atoms with Crippen LogP contribution in [-0.4, -0.2) is 42.9 Å². The fourth-order valence-corrected chi connectivity index (χ4v) is 2.79. The minimum atomic E-state index is -0.546. The Hall–Kier alpha value is -1.88. The van der Waals surface area contributed by atoms with Crippen LogP contribution in [0.25, 0.3) is 0 Å². The summed E-state index contributed by atoms with van der Waals surface area (Å²) in [6.45, 7) is 1.16. The Balaban J connectivity index is 1.94. The average Bonchev–Trinajstić information content (AvgIpc) is 2.54. The standard InChI is InChI=1S/C16H23N3O2/c1-18-15(20)13-8-5-9-19(11-13)16(21)14(17)10-12-6-3-2-4-7-12/h2-4,6-7,13-14H,5,8-11,17H2,1H3,(H,18,20)/t13-,14+/m0/s1. The zero-order chi connectivity index (χ0) is 15.2. The van der Waals surface area contributed by atoms with Gasteiger partial charge in [-0.2, -0.15) is 0 Å². The molecule has 0 spiro atoms. The molecule has 114 valence electrons. The Morgan fingerprint density at radius 3 is 2.76 bits per heavy atom. The van der Waals surface area contributed by atoms with E-state index in [4.69, 9.17) is 5.73 Å². The summed E-state index contributed by atoms with van der Waals surface area (Å²) in [5.41, 5.74) is 7.10. The second-order valence-corrected chi connectivity index (χ2v) is 5.53. The van der Waals surface area contributed by atoms with Crippen molar-refractivity contribution in [2.24, 2.45) is 11.7 Å². The van der Waals surface area contributed by atoms with E-state index >= 15 is 0 Å². The molecule has 1 aliphatic rings. The number of piperidine rings is 1. The number of benzene rings is 1. The van der Waals surface area contributed by atoms with E-state index in [9.17, 15) is 9.59 Å². The Kier molecular flexibility index (Phi) is 5.33. The van der Waals surface area contributed by atoms with E-state index in [-0.39, 0.29) is 17.7 Å². The van der Waals surface area contributed by atoms with Gasteiger partial charge in [0.15, 0.2) is 0 Å². The van der Waals surface area contributed by atoms with E-state index < -0.39 is 6.04 Å². The molecule has 1 aromatic carbocycles. The van der Waals surface area contributed by atoms with Gasteiger partial charge in [-0.05, 0) is 24.8 Å². The Morgan fingerprint density at radius 1 is 1.38 bits per heavy atom. The van der Waals surface area contributed by atoms with Crippen LogP contribution in [0.3, 0.4) is 0 Å². The van der Waals surface area contributed by atoms with Crippen LogP contribution in [0.15, 0.2) is 30.3 Å². The number of likely N-dealkylation sites (tertiary alicyclic amines) is 1. The van der Waals surface area contributed by atoms with Crippen molar-refractivity contribution in [3.8, 4) is 0 Å². The molecule has 1 fully saturated rings. The van der Waals surface area contributed by atoms with Crippen molar-refractivity contribution in [3.63, 3.8) is 0 Å². The maximum absolute atomic E-state index is 12.4. The molecule has 0 aromatic heterocycles. The molecule has 5 heteroatoms. The third-order valence-electron chi connectivity index (χ3n) is 3.97. The first-order chi connectivity index (χ1) is 10.1. The lowest BCUT2D eigenvalue weighted by Crippen LogP contribution is -2.50. The molecule has 2 amide bonds. The van der Waals surface area contributed by atoms with Gasteiger partial charge in [0.2, 0.25) is 11.8 Å². The SMILES string of the molecule is CNC(=O)[C@H]1CCCN(C(=O)[C@H](N)Cc2ccccc2)C1. The number of hydrogen-bond donors (Lipinski definition) is 2. The maximum atomic E-state index is 12.4. The quantitative estimate of drug-likeness (QED) is 0.849. The molecule has 21 heavy (non-hydrogen) atoms. The van der Waals surface area contributed by atoms with Gasteiger partial charge in [-0.1, -0.05) is 30.3 Å². The van der Waals surface area contributed by atoms with Gasteiger partial charge < -0.3 is 16.0 Å². The number of rotatable bonds is 4. The normalized spacial score (nSPS) is 19.9. The summed E-state index contributed by atoms with van der Waals surface area (Å²) >= 11 is 0. The van der Waals surface area contributed by atoms with Crippen molar-refractivity contribution >= 4 is 11.8 Å². The van der Waals surface area contributed by atoms with Crippen LogP contribution in [0.2, 0.25) is 0 Å². The summed E-state index contributed by atoms with van der Waals surface area (Å²) < 4.78 is 0. The summed E-state index contributed by atoms with van der Waals surface area (Å²) in [5, 5.41) is 2.66. The summed E-state index contributed by atoms with van der Waals surface area (Å²) in [7, 11) is 1.63. The summed E-state index contributed by atoms with van der Waals surface area (Å²) in [6, 6.07) is 9.21. The minimum Gasteiger partial charge on any atom is -0.359 e. The van der Waals surface area contributed by atoms with Crippen LogP contribution < -0.4 is 11.1 Å². The first kappa shape index (κ1) is 15.5. The molecule has 2 atom stereocenters. The van der Waals surface area contributed by atoms with Crippen molar-refractivity contribution in [2.75, 3.05) is 20.1 Å². The first-order valence-electron chi connectivity index (χ1n) is 7.41. The topological polar surface area (TPSA) is 75.4 Å². The van der Waals surface area contributed by atoms with Crippen LogP contribution in [0.5, 0.6) is 0 Å². The number of nitrogens with two attached hydrogens (primary N) is 1. The number of carbonyl (C=O) groups excluding carboxylic acids is 2. The van der Waals surface area contributed by atoms with Crippen molar-refractivity contribution in [2.45, 2.75) is 25.3 Å². The Bertz CT molecular complexity index is 490. The number of nitrogens with zero attached hydrogens (tertiary/aromatic N) is 1. The monoisotopic (exact) mass is 289 g/mol. The lowest BCUT2D eigenvalue weighted by atomic mass is 9.96. The molecule has 0 aliphatic carbocycles. The highest BCUT2D eigenvalue weighted by Gasteiger charge is 2.30. The fourth-order valence-electron chi connectivity index (χ4n) is 2.79. The van der Waals surface area contributed by atoms with Crippen LogP contribution in [0, 0.1) is 5.92 Å². The van der Waals surface area contributed by atoms with E-state index in [1.54, 1.807) is 11.9 Å². The Labute approximate surface area is 125 Å². The molecule has 2 rings (SSSR count). The van der Waals surface area contributed by atoms with Crippen LogP contribution in [0.4, 0.5) is 0 Å². The predicted molar refractivity (Wildman–Crippen MR) is 81.5 cm³/mol. The summed E-state index contributed by atoms with van der Waals surface area (Å²) in [5.74, 6) is -0.173. The number of hydrogen-bond acceptors (Lipinski definition) is 3. The molecule has 3 N–H and O–H groups in total. The van der Waals surface area contributed by atoms with E-state index in [0.717, 1.165) is 18.4 Å². The van der Waals surface area contributed by atoms with Gasteiger partial charge in [-0.25, -0.2) is 0 Å². The largest absolute Gasteiger partial charge is 0.359 e. The van der Waals surface area contributed by atoms with Crippen molar-refractivity contribution in [1.29, 1.82) is 0 Å². The molecule has 0 unspecified atom stereocenters. The predicted octanol–water partition coefficient (Wildman–Crippen LogP) is 0.541. The first-order valence-corrected chi connectivity index (χ1v) is 7.41. The van der Waals surface area contributed by atoms with Crippen molar-refractivity contribution < 1.29 is 9.59 Å². The Morgan fingerprint density at radius 2 is 2.10 bits per heavy atom. The maximum Gasteiger partial charge on any atom is 0.239 e. The molecule has 1 aromatic rings. The summed E-state index contributed by atoms with van der Waals surface area (Å²) in [6.07, 6.45) is 2.21. The summed E-state index contributed by atoms with van der Waals surface area (Å²) in [4.78, 5) is 25.9. The van der Waals surface area contributed by atoms with Crippen molar-refractivity contribution in [3.05, 3.63) is 35.9 Å². The molecule has 1 saturated heterocycles. The highest BCUT2D eigenvalue weighted by Crippen LogP contribution is 2.17. The van der Waals surface area contributed by atoms with Crippen LogP contribution in [0.1, 0.15) is 18.4 Å². The van der Waals surface area contributed by atoms with E-state index in [0.29, 0.717) is 19.5 Å². The average molecular weight is 289 g/mol. The molecule has 0 bridgehead atoms. The molecular weight excluding hydrogens is 266 g/mol. The third kappa shape index (κ3) is 4.04. The van der Waals surface area contributed by atoms with E-state index in [1.165, 1.54) is 0 Å². The molecular formula is C16H23N3O2. The number of amides is 2. The van der Waals surface area contributed by atoms with Crippen LogP contribution >= 0.6 is 0 Å². The van der Waals surface area contributed by atoms with Crippen molar-refractivity contribution in [1.82, 2.24) is 10.2 Å². The van der Waals surface area contributed by atoms with Gasteiger partial charge in [0.25, 0.3) is 0 Å². The number of carbonyl (C=O) groups is 2. The lowest BCUT2D eigenvalue weighted by Gasteiger charge is -2.33. The highest BCUT2D eigenvalue weighted by molar-refractivity contribution is 5.84. The second kappa shape index (κ2) is 7.22. The smallest absolute Gasteiger partial charge is 0.239 e. The lowest BCUT2D eigenvalue weighted by molar-refractivity contribution is -0.136. The van der Waals surface area contributed by atoms with Gasteiger partial charge in [-0.3, -0.25) is 9.59 Å². The zero-order valence-electron chi connectivity index (χ0n) is 12.4. The van der Waals surface area contributed by atoms with Gasteiger partial charge >= 0.3 is 0 Å². The molecule has 1 heterocycles. The number of nitrogens with one attached hydrogen (secondary N) is 1. The van der Waals surface area contributed by atoms with Gasteiger partial charge in [-0.15, -0.1) is 0 Å². The molecule has 1 aliphatic heterocycles. The van der Waals surface area contributed by atoms with E-state index in [2.05, 4.69) is 5.32 Å². The highest BCUT2D eigenvalue weighted by atomic mass is 16.2. The fraction of sp³-hybridized carbons (Fsp3) is 0.500. The third-order valence-corrected chi connectivity index (χ3v) is 3.97. The van der Waals surface area contributed by atoms with Gasteiger partial charge in [0.05, 0.1) is 12.0 Å². The van der Waals surface area contributed by atoms with Gasteiger partial charge in [0, 0.05) is 20.1 Å². The zero-order valence-corrected chi connectivity index (χ0v) is 12.4. The van der Waals surface area contributed by atoms with E-state index in [1.807, 2.05) is 30.3 Å². The second-order valence-electron chi connectivity index (χ2n) is 5.53. The van der Waals surface area contributed by atoms with Gasteiger partial charge in [0.1, 0.15) is 0 Å². The molecule has 5 nitrogen and oxygen atoms in total. The van der Waals surface area contributed by atoms with Crippen LogP contribution in [-0.2, 0) is 16.0 Å². The minimum absolute atomic E-state index is 0.00382. The molecule has 0 radical (unpaired) electrons. The molecule has 0 saturated carbocycles.